The lowest BCUT2D eigenvalue weighted by molar-refractivity contribution is -0.114. The predicted molar refractivity (Wildman–Crippen MR) is 107 cm³/mol. The monoisotopic (exact) mass is 410 g/mol. The lowest BCUT2D eigenvalue weighted by Gasteiger charge is -2.19. The molecule has 1 aliphatic rings. The molecule has 1 unspecified atom stereocenters. The fourth-order valence-corrected chi connectivity index (χ4v) is 4.17. The molecule has 1 aromatic heterocycles. The van der Waals surface area contributed by atoms with Crippen LogP contribution in [0.25, 0.3) is 0 Å². The summed E-state index contributed by atoms with van der Waals surface area (Å²) >= 11 is 0. The number of amides is 1. The molecule has 2 aromatic carbocycles. The highest BCUT2D eigenvalue weighted by Crippen LogP contribution is 2.27. The molecule has 148 valence electrons. The van der Waals surface area contributed by atoms with Crippen molar-refractivity contribution in [3.8, 4) is 0 Å². The molecule has 3 aromatic rings. The van der Waals surface area contributed by atoms with E-state index in [1.54, 1.807) is 24.5 Å². The number of para-hydroxylation sites is 1. The molecule has 1 amide bonds. The quantitative estimate of drug-likeness (QED) is 0.668. The molecule has 0 aliphatic carbocycles. The number of aromatic nitrogens is 1. The molecule has 8 nitrogen and oxygen atoms in total. The maximum absolute atomic E-state index is 12.6. The molecule has 2 heterocycles. The van der Waals surface area contributed by atoms with Crippen molar-refractivity contribution in [1.29, 1.82) is 0 Å². The summed E-state index contributed by atoms with van der Waals surface area (Å²) < 4.78 is 33.8. The number of oxazole rings is 1. The SMILES string of the molecule is Cc1coc(C(CNC(=O)C2=NS(=O)(=O)c3ccccc3N2)c2ccccc2)n1. The number of rotatable bonds is 5. The van der Waals surface area contributed by atoms with E-state index in [1.165, 1.54) is 6.07 Å². The van der Waals surface area contributed by atoms with Crippen LogP contribution in [-0.4, -0.2) is 31.7 Å². The topological polar surface area (TPSA) is 114 Å². The number of nitrogens with zero attached hydrogens (tertiary/aromatic N) is 2. The van der Waals surface area contributed by atoms with Crippen LogP contribution in [0.2, 0.25) is 0 Å². The minimum atomic E-state index is -3.94. The number of nitrogens with one attached hydrogen (secondary N) is 2. The van der Waals surface area contributed by atoms with E-state index in [0.29, 0.717) is 11.6 Å². The fourth-order valence-electron chi connectivity index (χ4n) is 3.06. The molecule has 1 atom stereocenters. The Morgan fingerprint density at radius 3 is 2.59 bits per heavy atom. The van der Waals surface area contributed by atoms with E-state index in [4.69, 9.17) is 4.42 Å². The second-order valence-corrected chi connectivity index (χ2v) is 8.11. The van der Waals surface area contributed by atoms with E-state index >= 15 is 0 Å². The van der Waals surface area contributed by atoms with Crippen molar-refractivity contribution < 1.29 is 17.6 Å². The van der Waals surface area contributed by atoms with Gasteiger partial charge in [-0.1, -0.05) is 42.5 Å². The average Bonchev–Trinajstić information content (AvgIpc) is 3.14. The molecule has 0 saturated heterocycles. The number of amidine groups is 1. The maximum Gasteiger partial charge on any atom is 0.287 e. The molecule has 0 radical (unpaired) electrons. The van der Waals surface area contributed by atoms with Crippen LogP contribution in [0.15, 0.2) is 74.6 Å². The third-order valence-electron chi connectivity index (χ3n) is 4.45. The number of anilines is 1. The summed E-state index contributed by atoms with van der Waals surface area (Å²) in [5.41, 5.74) is 1.95. The Morgan fingerprint density at radius 2 is 1.86 bits per heavy atom. The van der Waals surface area contributed by atoms with Crippen LogP contribution in [0.1, 0.15) is 23.1 Å². The van der Waals surface area contributed by atoms with Crippen LogP contribution in [0.4, 0.5) is 5.69 Å². The summed E-state index contributed by atoms with van der Waals surface area (Å²) in [5, 5.41) is 5.51. The highest BCUT2D eigenvalue weighted by Gasteiger charge is 2.28. The number of aryl methyl sites for hydroxylation is 1. The Bertz CT molecular complexity index is 1190. The lowest BCUT2D eigenvalue weighted by atomic mass is 9.99. The zero-order valence-corrected chi connectivity index (χ0v) is 16.3. The molecule has 1 aliphatic heterocycles. The van der Waals surface area contributed by atoms with Crippen LogP contribution in [0.5, 0.6) is 0 Å². The van der Waals surface area contributed by atoms with Gasteiger partial charge in [0.2, 0.25) is 11.7 Å². The van der Waals surface area contributed by atoms with E-state index in [-0.39, 0.29) is 23.2 Å². The molecule has 4 rings (SSSR count). The first kappa shape index (κ1) is 18.9. The highest BCUT2D eigenvalue weighted by atomic mass is 32.2. The summed E-state index contributed by atoms with van der Waals surface area (Å²) in [6, 6.07) is 15.8. The van der Waals surface area contributed by atoms with Gasteiger partial charge in [-0.3, -0.25) is 4.79 Å². The number of carbonyl (C=O) groups is 1. The number of hydrogen-bond acceptors (Lipinski definition) is 6. The second kappa shape index (κ2) is 7.51. The van der Waals surface area contributed by atoms with Gasteiger partial charge in [0, 0.05) is 6.54 Å². The second-order valence-electron chi connectivity index (χ2n) is 6.54. The van der Waals surface area contributed by atoms with Crippen LogP contribution in [0.3, 0.4) is 0 Å². The molecular formula is C20H18N4O4S. The molecule has 0 bridgehead atoms. The summed E-state index contributed by atoms with van der Waals surface area (Å²) in [6.07, 6.45) is 1.55. The van der Waals surface area contributed by atoms with Crippen molar-refractivity contribution in [2.75, 3.05) is 11.9 Å². The third kappa shape index (κ3) is 3.90. The lowest BCUT2D eigenvalue weighted by Crippen LogP contribution is -2.40. The van der Waals surface area contributed by atoms with E-state index in [0.717, 1.165) is 11.3 Å². The Labute approximate surface area is 167 Å². The number of carbonyl (C=O) groups excluding carboxylic acids is 1. The summed E-state index contributed by atoms with van der Waals surface area (Å²) in [4.78, 5) is 17.1. The predicted octanol–water partition coefficient (Wildman–Crippen LogP) is 2.44. The van der Waals surface area contributed by atoms with Crippen molar-refractivity contribution in [1.82, 2.24) is 10.3 Å². The normalized spacial score (nSPS) is 15.6. The number of hydrogen-bond donors (Lipinski definition) is 2. The molecule has 2 N–H and O–H groups in total. The van der Waals surface area contributed by atoms with Crippen molar-refractivity contribution in [3.63, 3.8) is 0 Å². The molecular weight excluding hydrogens is 392 g/mol. The summed E-state index contributed by atoms with van der Waals surface area (Å²) in [5.74, 6) is -0.779. The minimum Gasteiger partial charge on any atom is -0.448 e. The van der Waals surface area contributed by atoms with E-state index in [9.17, 15) is 13.2 Å². The van der Waals surface area contributed by atoms with Gasteiger partial charge in [0.05, 0.1) is 17.3 Å². The van der Waals surface area contributed by atoms with E-state index < -0.39 is 15.9 Å². The number of sulfonamides is 1. The first-order valence-electron chi connectivity index (χ1n) is 8.90. The molecule has 29 heavy (non-hydrogen) atoms. The first-order valence-corrected chi connectivity index (χ1v) is 10.3. The van der Waals surface area contributed by atoms with Crippen molar-refractivity contribution in [2.45, 2.75) is 17.7 Å². The van der Waals surface area contributed by atoms with Gasteiger partial charge in [-0.15, -0.1) is 4.40 Å². The number of fused-ring (bicyclic) bond motifs is 1. The maximum atomic E-state index is 12.6. The molecule has 0 fully saturated rings. The Balaban J connectivity index is 1.56. The Hall–Kier alpha value is -3.46. The molecule has 9 heteroatoms. The van der Waals surface area contributed by atoms with Gasteiger partial charge in [0.25, 0.3) is 15.9 Å². The van der Waals surface area contributed by atoms with E-state index in [2.05, 4.69) is 20.0 Å². The van der Waals surface area contributed by atoms with Crippen LogP contribution >= 0.6 is 0 Å². The van der Waals surface area contributed by atoms with Gasteiger partial charge in [-0.05, 0) is 24.6 Å². The molecule has 0 saturated carbocycles. The van der Waals surface area contributed by atoms with Gasteiger partial charge in [-0.2, -0.15) is 8.42 Å². The third-order valence-corrected chi connectivity index (χ3v) is 5.78. The van der Waals surface area contributed by atoms with E-state index in [1.807, 2.05) is 37.3 Å². The van der Waals surface area contributed by atoms with Crippen molar-refractivity contribution >= 4 is 27.5 Å². The van der Waals surface area contributed by atoms with Crippen molar-refractivity contribution in [2.24, 2.45) is 4.40 Å². The van der Waals surface area contributed by atoms with Crippen LogP contribution in [-0.2, 0) is 14.8 Å². The largest absolute Gasteiger partial charge is 0.448 e. The number of benzene rings is 2. The zero-order valence-electron chi connectivity index (χ0n) is 15.5. The van der Waals surface area contributed by atoms with Gasteiger partial charge in [0.1, 0.15) is 11.2 Å². The van der Waals surface area contributed by atoms with Crippen LogP contribution in [0, 0.1) is 6.92 Å². The molecule has 0 spiro atoms. The summed E-state index contributed by atoms with van der Waals surface area (Å²) in [7, 11) is -3.94. The fraction of sp³-hybridized carbons (Fsp3) is 0.150. The highest BCUT2D eigenvalue weighted by molar-refractivity contribution is 7.90. The van der Waals surface area contributed by atoms with Gasteiger partial charge >= 0.3 is 0 Å². The first-order chi connectivity index (χ1) is 13.9. The summed E-state index contributed by atoms with van der Waals surface area (Å²) in [6.45, 7) is 1.97. The standard InChI is InChI=1S/C20H18N4O4S/c1-13-12-28-20(22-13)15(14-7-3-2-4-8-14)11-21-19(25)18-23-16-9-5-6-10-17(16)29(26,27)24-18/h2-10,12,15H,11H2,1H3,(H,21,25)(H,23,24). The minimum absolute atomic E-state index is 0.0361. The van der Waals surface area contributed by atoms with Crippen LogP contribution < -0.4 is 10.6 Å². The smallest absolute Gasteiger partial charge is 0.287 e. The average molecular weight is 410 g/mol. The Morgan fingerprint density at radius 1 is 1.14 bits per heavy atom. The zero-order chi connectivity index (χ0) is 20.4. The Kier molecular flexibility index (Phi) is 4.89. The van der Waals surface area contributed by atoms with Gasteiger partial charge in [-0.25, -0.2) is 4.98 Å². The van der Waals surface area contributed by atoms with Crippen molar-refractivity contribution in [3.05, 3.63) is 78.0 Å². The van der Waals surface area contributed by atoms with Gasteiger partial charge < -0.3 is 15.1 Å². The van der Waals surface area contributed by atoms with Gasteiger partial charge in [0.15, 0.2) is 0 Å².